The van der Waals surface area contributed by atoms with E-state index in [0.29, 0.717) is 11.8 Å². The minimum Gasteiger partial charge on any atom is -0.493 e. The van der Waals surface area contributed by atoms with Crippen LogP contribution in [0.4, 0.5) is 0 Å². The summed E-state index contributed by atoms with van der Waals surface area (Å²) in [6.07, 6.45) is 2.25. The molecule has 1 aromatic carbocycles. The predicted molar refractivity (Wildman–Crippen MR) is 70.0 cm³/mol. The Balaban J connectivity index is 2.08. The van der Waals surface area contributed by atoms with Gasteiger partial charge in [0.2, 0.25) is 0 Å². The number of aliphatic hydroxyl groups is 1. The second kappa shape index (κ2) is 6.07. The number of ether oxygens (including phenoxy) is 2. The predicted octanol–water partition coefficient (Wildman–Crippen LogP) is 1.71. The number of benzene rings is 1. The average Bonchev–Trinajstić information content (AvgIpc) is 2.39. The van der Waals surface area contributed by atoms with E-state index >= 15 is 0 Å². The number of hydrogen-bond donors (Lipinski definition) is 2. The van der Waals surface area contributed by atoms with Crippen molar-refractivity contribution in [2.75, 3.05) is 13.7 Å². The molecule has 1 saturated heterocycles. The minimum atomic E-state index is 0.0149. The van der Waals surface area contributed by atoms with Gasteiger partial charge in [-0.2, -0.15) is 0 Å². The first-order valence-electron chi connectivity index (χ1n) is 6.40. The number of nitrogens with one attached hydrogen (secondary N) is 1. The third kappa shape index (κ3) is 3.15. The Morgan fingerprint density at radius 3 is 2.89 bits per heavy atom. The SMILES string of the molecule is COc1cc(CO)ccc1OC1CCNC(C)C1. The molecule has 1 aromatic rings. The number of piperidine rings is 1. The van der Waals surface area contributed by atoms with Gasteiger partial charge in [0.25, 0.3) is 0 Å². The van der Waals surface area contributed by atoms with Gasteiger partial charge in [-0.25, -0.2) is 0 Å². The van der Waals surface area contributed by atoms with Crippen LogP contribution in [0.1, 0.15) is 25.3 Å². The molecule has 4 nitrogen and oxygen atoms in total. The lowest BCUT2D eigenvalue weighted by Gasteiger charge is -2.29. The van der Waals surface area contributed by atoms with E-state index in [9.17, 15) is 0 Å². The molecule has 0 amide bonds. The summed E-state index contributed by atoms with van der Waals surface area (Å²) in [6.45, 7) is 3.17. The van der Waals surface area contributed by atoms with Crippen molar-refractivity contribution in [2.45, 2.75) is 38.5 Å². The standard InChI is InChI=1S/C14H21NO3/c1-10-7-12(5-6-15-10)18-13-4-3-11(9-16)8-14(13)17-2/h3-4,8,10,12,15-16H,5-7,9H2,1-2H3. The van der Waals surface area contributed by atoms with Gasteiger partial charge in [-0.15, -0.1) is 0 Å². The highest BCUT2D eigenvalue weighted by Crippen LogP contribution is 2.30. The summed E-state index contributed by atoms with van der Waals surface area (Å²) in [5.74, 6) is 1.45. The zero-order chi connectivity index (χ0) is 13.0. The van der Waals surface area contributed by atoms with E-state index in [4.69, 9.17) is 14.6 Å². The fraction of sp³-hybridized carbons (Fsp3) is 0.571. The van der Waals surface area contributed by atoms with Crippen LogP contribution in [-0.2, 0) is 6.61 Å². The quantitative estimate of drug-likeness (QED) is 0.855. The van der Waals surface area contributed by atoms with Crippen LogP contribution >= 0.6 is 0 Å². The molecule has 1 heterocycles. The van der Waals surface area contributed by atoms with Gasteiger partial charge in [0.05, 0.1) is 13.7 Å². The first kappa shape index (κ1) is 13.2. The first-order valence-corrected chi connectivity index (χ1v) is 6.40. The molecule has 0 aliphatic carbocycles. The van der Waals surface area contributed by atoms with Crippen molar-refractivity contribution >= 4 is 0 Å². The number of hydrogen-bond acceptors (Lipinski definition) is 4. The summed E-state index contributed by atoms with van der Waals surface area (Å²) in [6, 6.07) is 6.05. The molecule has 2 N–H and O–H groups in total. The maximum Gasteiger partial charge on any atom is 0.161 e. The third-order valence-electron chi connectivity index (χ3n) is 3.28. The number of methoxy groups -OCH3 is 1. The fourth-order valence-corrected chi connectivity index (χ4v) is 2.28. The summed E-state index contributed by atoms with van der Waals surface area (Å²) < 4.78 is 11.3. The maximum absolute atomic E-state index is 9.10. The van der Waals surface area contributed by atoms with E-state index in [-0.39, 0.29) is 12.7 Å². The molecule has 100 valence electrons. The van der Waals surface area contributed by atoms with Gasteiger partial charge >= 0.3 is 0 Å². The Hall–Kier alpha value is -1.26. The van der Waals surface area contributed by atoms with Crippen molar-refractivity contribution in [3.05, 3.63) is 23.8 Å². The first-order chi connectivity index (χ1) is 8.72. The van der Waals surface area contributed by atoms with Gasteiger partial charge in [-0.1, -0.05) is 6.07 Å². The molecule has 0 spiro atoms. The smallest absolute Gasteiger partial charge is 0.161 e. The Kier molecular flexibility index (Phi) is 4.44. The molecular formula is C14H21NO3. The molecule has 0 bridgehead atoms. The number of rotatable bonds is 4. The molecule has 0 radical (unpaired) electrons. The molecule has 2 atom stereocenters. The largest absolute Gasteiger partial charge is 0.493 e. The highest BCUT2D eigenvalue weighted by molar-refractivity contribution is 5.42. The highest BCUT2D eigenvalue weighted by atomic mass is 16.5. The Morgan fingerprint density at radius 2 is 2.22 bits per heavy atom. The summed E-state index contributed by atoms with van der Waals surface area (Å²) in [5, 5.41) is 12.5. The van der Waals surface area contributed by atoms with Crippen LogP contribution in [0.2, 0.25) is 0 Å². The Labute approximate surface area is 108 Å². The summed E-state index contributed by atoms with van der Waals surface area (Å²) in [7, 11) is 1.62. The van der Waals surface area contributed by atoms with Gasteiger partial charge in [-0.3, -0.25) is 0 Å². The second-order valence-corrected chi connectivity index (χ2v) is 4.76. The Bertz CT molecular complexity index is 395. The van der Waals surface area contributed by atoms with Crippen LogP contribution in [0.5, 0.6) is 11.5 Å². The van der Waals surface area contributed by atoms with Gasteiger partial charge in [0.1, 0.15) is 6.10 Å². The van der Waals surface area contributed by atoms with Crippen LogP contribution < -0.4 is 14.8 Å². The van der Waals surface area contributed by atoms with Gasteiger partial charge in [0.15, 0.2) is 11.5 Å². The maximum atomic E-state index is 9.10. The van der Waals surface area contributed by atoms with E-state index < -0.39 is 0 Å². The van der Waals surface area contributed by atoms with Crippen molar-refractivity contribution in [1.29, 1.82) is 0 Å². The van der Waals surface area contributed by atoms with E-state index in [1.165, 1.54) is 0 Å². The zero-order valence-electron chi connectivity index (χ0n) is 11.0. The lowest BCUT2D eigenvalue weighted by Crippen LogP contribution is -2.40. The molecular weight excluding hydrogens is 230 g/mol. The molecule has 4 heteroatoms. The van der Waals surface area contributed by atoms with Crippen molar-refractivity contribution in [2.24, 2.45) is 0 Å². The molecule has 0 aromatic heterocycles. The van der Waals surface area contributed by atoms with E-state index in [1.807, 2.05) is 18.2 Å². The normalized spacial score (nSPS) is 23.7. The van der Waals surface area contributed by atoms with Gasteiger partial charge < -0.3 is 19.9 Å². The van der Waals surface area contributed by atoms with E-state index in [2.05, 4.69) is 12.2 Å². The molecule has 2 unspecified atom stereocenters. The van der Waals surface area contributed by atoms with Crippen LogP contribution in [0.25, 0.3) is 0 Å². The van der Waals surface area contributed by atoms with E-state index in [1.54, 1.807) is 7.11 Å². The molecule has 2 rings (SSSR count). The van der Waals surface area contributed by atoms with Gasteiger partial charge in [-0.05, 0) is 44.0 Å². The number of aliphatic hydroxyl groups excluding tert-OH is 1. The summed E-state index contributed by atoms with van der Waals surface area (Å²) >= 11 is 0. The zero-order valence-corrected chi connectivity index (χ0v) is 11.0. The van der Waals surface area contributed by atoms with Crippen LogP contribution in [-0.4, -0.2) is 30.9 Å². The summed E-state index contributed by atoms with van der Waals surface area (Å²) in [5.41, 5.74) is 0.831. The molecule has 1 fully saturated rings. The second-order valence-electron chi connectivity index (χ2n) is 4.76. The fourth-order valence-electron chi connectivity index (χ4n) is 2.28. The highest BCUT2D eigenvalue weighted by Gasteiger charge is 2.20. The van der Waals surface area contributed by atoms with Crippen molar-refractivity contribution in [3.8, 4) is 11.5 Å². The van der Waals surface area contributed by atoms with Crippen LogP contribution in [0.3, 0.4) is 0 Å². The Morgan fingerprint density at radius 1 is 1.39 bits per heavy atom. The van der Waals surface area contributed by atoms with E-state index in [0.717, 1.165) is 30.7 Å². The van der Waals surface area contributed by atoms with Crippen molar-refractivity contribution in [1.82, 2.24) is 5.32 Å². The monoisotopic (exact) mass is 251 g/mol. The van der Waals surface area contributed by atoms with Crippen LogP contribution in [0.15, 0.2) is 18.2 Å². The van der Waals surface area contributed by atoms with Crippen LogP contribution in [0, 0.1) is 0 Å². The van der Waals surface area contributed by atoms with Gasteiger partial charge in [0, 0.05) is 6.04 Å². The average molecular weight is 251 g/mol. The third-order valence-corrected chi connectivity index (χ3v) is 3.28. The van der Waals surface area contributed by atoms with Crippen molar-refractivity contribution in [3.63, 3.8) is 0 Å². The lowest BCUT2D eigenvalue weighted by atomic mass is 10.0. The minimum absolute atomic E-state index is 0.0149. The summed E-state index contributed by atoms with van der Waals surface area (Å²) in [4.78, 5) is 0. The molecule has 1 aliphatic heterocycles. The van der Waals surface area contributed by atoms with Crippen molar-refractivity contribution < 1.29 is 14.6 Å². The molecule has 18 heavy (non-hydrogen) atoms. The lowest BCUT2D eigenvalue weighted by molar-refractivity contribution is 0.139. The topological polar surface area (TPSA) is 50.7 Å². The molecule has 0 saturated carbocycles. The molecule has 1 aliphatic rings.